The molecule has 5 nitrogen and oxygen atoms in total. The summed E-state index contributed by atoms with van der Waals surface area (Å²) in [4.78, 5) is 23.3. The Morgan fingerprint density at radius 1 is 1.13 bits per heavy atom. The highest BCUT2D eigenvalue weighted by atomic mass is 16.4. The highest BCUT2D eigenvalue weighted by Crippen LogP contribution is 2.33. The number of aliphatic hydroxyl groups is 1. The van der Waals surface area contributed by atoms with Crippen molar-refractivity contribution in [1.82, 2.24) is 0 Å². The fourth-order valence-corrected chi connectivity index (χ4v) is 3.00. The van der Waals surface area contributed by atoms with Crippen LogP contribution in [0.5, 0.6) is 0 Å². The second kappa shape index (κ2) is 5.52. The lowest BCUT2D eigenvalue weighted by molar-refractivity contribution is -0.141. The van der Waals surface area contributed by atoms with Crippen molar-refractivity contribution in [3.63, 3.8) is 0 Å². The van der Waals surface area contributed by atoms with Crippen LogP contribution < -0.4 is 5.73 Å². The molecule has 0 bridgehead atoms. The topological polar surface area (TPSA) is 101 Å². The minimum Gasteiger partial charge on any atom is -0.481 e. The molecule has 1 unspecified atom stereocenters. The quantitative estimate of drug-likeness (QED) is 0.755. The van der Waals surface area contributed by atoms with Crippen molar-refractivity contribution in [2.45, 2.75) is 24.9 Å². The molecule has 0 saturated heterocycles. The number of nitrogens with two attached hydrogens (primary N) is 1. The van der Waals surface area contributed by atoms with E-state index < -0.39 is 23.8 Å². The van der Waals surface area contributed by atoms with E-state index >= 15 is 0 Å². The first-order chi connectivity index (χ1) is 10.9. The number of Topliss-reactive ketones (excluding diaryl/α,β-unsaturated/α-hetero) is 1. The lowest BCUT2D eigenvalue weighted by atomic mass is 9.77. The highest BCUT2D eigenvalue weighted by Gasteiger charge is 2.42. The van der Waals surface area contributed by atoms with Gasteiger partial charge in [-0.15, -0.1) is 0 Å². The molecule has 2 aromatic rings. The predicted octanol–water partition coefficient (Wildman–Crippen LogP) is 2.27. The van der Waals surface area contributed by atoms with Gasteiger partial charge in [-0.25, -0.2) is 0 Å². The highest BCUT2D eigenvalue weighted by molar-refractivity contribution is 6.06. The molecule has 0 aliphatic heterocycles. The maximum absolute atomic E-state index is 12.4. The summed E-state index contributed by atoms with van der Waals surface area (Å²) in [5, 5.41) is 19.2. The van der Waals surface area contributed by atoms with Crippen LogP contribution >= 0.6 is 0 Å². The monoisotopic (exact) mass is 311 g/mol. The van der Waals surface area contributed by atoms with Gasteiger partial charge in [0.2, 0.25) is 0 Å². The SMILES string of the molecule is Nc1ccc(-c2ccc3c(c2)CCC(O)(CC(=O)O)C3=O)cc1. The van der Waals surface area contributed by atoms with E-state index in [2.05, 4.69) is 0 Å². The zero-order valence-electron chi connectivity index (χ0n) is 12.5. The Bertz CT molecular complexity index is 782. The van der Waals surface area contributed by atoms with E-state index in [1.165, 1.54) is 0 Å². The fourth-order valence-electron chi connectivity index (χ4n) is 3.00. The van der Waals surface area contributed by atoms with Crippen LogP contribution in [0.15, 0.2) is 42.5 Å². The summed E-state index contributed by atoms with van der Waals surface area (Å²) in [5.74, 6) is -1.69. The molecule has 1 aliphatic carbocycles. The Kier molecular flexibility index (Phi) is 3.66. The van der Waals surface area contributed by atoms with Crippen LogP contribution in [0.25, 0.3) is 11.1 Å². The Labute approximate surface area is 133 Å². The molecule has 3 rings (SSSR count). The minimum absolute atomic E-state index is 0.121. The van der Waals surface area contributed by atoms with Gasteiger partial charge in [-0.2, -0.15) is 0 Å². The summed E-state index contributed by atoms with van der Waals surface area (Å²) in [7, 11) is 0. The van der Waals surface area contributed by atoms with Crippen molar-refractivity contribution in [2.75, 3.05) is 5.73 Å². The van der Waals surface area contributed by atoms with E-state index in [0.717, 1.165) is 16.7 Å². The van der Waals surface area contributed by atoms with E-state index in [9.17, 15) is 14.7 Å². The zero-order valence-corrected chi connectivity index (χ0v) is 12.5. The Morgan fingerprint density at radius 2 is 1.78 bits per heavy atom. The van der Waals surface area contributed by atoms with Gasteiger partial charge in [0.05, 0.1) is 6.42 Å². The summed E-state index contributed by atoms with van der Waals surface area (Å²) in [6.45, 7) is 0. The second-order valence-corrected chi connectivity index (χ2v) is 5.93. The zero-order chi connectivity index (χ0) is 16.6. The Hall–Kier alpha value is -2.66. The van der Waals surface area contributed by atoms with Gasteiger partial charge in [0.1, 0.15) is 5.60 Å². The van der Waals surface area contributed by atoms with E-state index in [-0.39, 0.29) is 6.42 Å². The van der Waals surface area contributed by atoms with Crippen molar-refractivity contribution in [3.05, 3.63) is 53.6 Å². The first-order valence-electron chi connectivity index (χ1n) is 7.37. The first-order valence-corrected chi connectivity index (χ1v) is 7.37. The number of hydrogen-bond donors (Lipinski definition) is 3. The number of anilines is 1. The molecule has 118 valence electrons. The third-order valence-corrected chi connectivity index (χ3v) is 4.27. The second-order valence-electron chi connectivity index (χ2n) is 5.93. The molecule has 0 heterocycles. The van der Waals surface area contributed by atoms with E-state index in [1.54, 1.807) is 12.1 Å². The number of aryl methyl sites for hydroxylation is 1. The molecule has 1 aliphatic rings. The van der Waals surface area contributed by atoms with Gasteiger partial charge in [-0.05, 0) is 41.7 Å². The molecule has 4 N–H and O–H groups in total. The van der Waals surface area contributed by atoms with Crippen LogP contribution in [-0.4, -0.2) is 27.6 Å². The third kappa shape index (κ3) is 2.83. The summed E-state index contributed by atoms with van der Waals surface area (Å²) >= 11 is 0. The number of carbonyl (C=O) groups excluding carboxylic acids is 1. The lowest BCUT2D eigenvalue weighted by Gasteiger charge is -2.30. The van der Waals surface area contributed by atoms with Crippen LogP contribution in [0, 0.1) is 0 Å². The van der Waals surface area contributed by atoms with Crippen molar-refractivity contribution < 1.29 is 19.8 Å². The third-order valence-electron chi connectivity index (χ3n) is 4.27. The smallest absolute Gasteiger partial charge is 0.306 e. The van der Waals surface area contributed by atoms with Gasteiger partial charge >= 0.3 is 5.97 Å². The van der Waals surface area contributed by atoms with Crippen molar-refractivity contribution in [2.24, 2.45) is 0 Å². The molecule has 0 amide bonds. The standard InChI is InChI=1S/C18H17NO4/c19-14-4-1-11(2-5-14)12-3-6-15-13(9-12)7-8-18(23,17(15)22)10-16(20)21/h1-6,9,23H,7-8,10,19H2,(H,20,21). The van der Waals surface area contributed by atoms with Crippen LogP contribution in [0.2, 0.25) is 0 Å². The number of nitrogen functional groups attached to an aromatic ring is 1. The molecular weight excluding hydrogens is 294 g/mol. The first kappa shape index (κ1) is 15.2. The molecule has 2 aromatic carbocycles. The molecule has 0 radical (unpaired) electrons. The Morgan fingerprint density at radius 3 is 2.43 bits per heavy atom. The summed E-state index contributed by atoms with van der Waals surface area (Å²) in [6.07, 6.45) is 0.0228. The van der Waals surface area contributed by atoms with Crippen LogP contribution in [-0.2, 0) is 11.2 Å². The van der Waals surface area contributed by atoms with Gasteiger partial charge in [0, 0.05) is 11.3 Å². The van der Waals surface area contributed by atoms with Gasteiger partial charge in [0.25, 0.3) is 0 Å². The molecule has 0 saturated carbocycles. The Balaban J connectivity index is 1.96. The van der Waals surface area contributed by atoms with Crippen molar-refractivity contribution in [3.8, 4) is 11.1 Å². The maximum Gasteiger partial charge on any atom is 0.306 e. The predicted molar refractivity (Wildman–Crippen MR) is 86.1 cm³/mol. The van der Waals surface area contributed by atoms with Crippen LogP contribution in [0.1, 0.15) is 28.8 Å². The fraction of sp³-hybridized carbons (Fsp3) is 0.222. The summed E-state index contributed by atoms with van der Waals surface area (Å²) < 4.78 is 0. The molecule has 1 atom stereocenters. The average Bonchev–Trinajstić information content (AvgIpc) is 2.51. The number of aliphatic carboxylic acids is 1. The summed E-state index contributed by atoms with van der Waals surface area (Å²) in [6, 6.07) is 12.8. The van der Waals surface area contributed by atoms with Gasteiger partial charge in [0.15, 0.2) is 5.78 Å². The minimum atomic E-state index is -1.80. The van der Waals surface area contributed by atoms with E-state index in [4.69, 9.17) is 10.8 Å². The molecular formula is C18H17NO4. The molecule has 5 heteroatoms. The summed E-state index contributed by atoms with van der Waals surface area (Å²) in [5.41, 5.74) is 7.74. The lowest BCUT2D eigenvalue weighted by Crippen LogP contribution is -2.44. The normalized spacial score (nSPS) is 20.1. The van der Waals surface area contributed by atoms with Gasteiger partial charge < -0.3 is 15.9 Å². The largest absolute Gasteiger partial charge is 0.481 e. The van der Waals surface area contributed by atoms with Crippen molar-refractivity contribution >= 4 is 17.4 Å². The number of fused-ring (bicyclic) bond motifs is 1. The molecule has 23 heavy (non-hydrogen) atoms. The van der Waals surface area contributed by atoms with E-state index in [0.29, 0.717) is 17.7 Å². The maximum atomic E-state index is 12.4. The number of carboxylic acids is 1. The molecule has 0 spiro atoms. The van der Waals surface area contributed by atoms with Gasteiger partial charge in [-0.3, -0.25) is 9.59 Å². The van der Waals surface area contributed by atoms with Gasteiger partial charge in [-0.1, -0.05) is 30.3 Å². The van der Waals surface area contributed by atoms with E-state index in [1.807, 2.05) is 30.3 Å². The van der Waals surface area contributed by atoms with Crippen molar-refractivity contribution in [1.29, 1.82) is 0 Å². The number of rotatable bonds is 3. The van der Waals surface area contributed by atoms with Crippen LogP contribution in [0.3, 0.4) is 0 Å². The number of carbonyl (C=O) groups is 2. The number of ketones is 1. The molecule has 0 fully saturated rings. The average molecular weight is 311 g/mol. The number of carboxylic acid groups (broad SMARTS) is 1. The number of benzene rings is 2. The molecule has 0 aromatic heterocycles. The van der Waals surface area contributed by atoms with Crippen LogP contribution in [0.4, 0.5) is 5.69 Å². The number of hydrogen-bond acceptors (Lipinski definition) is 4.